The van der Waals surface area contributed by atoms with Gasteiger partial charge in [-0.2, -0.15) is 0 Å². The summed E-state index contributed by atoms with van der Waals surface area (Å²) in [6.07, 6.45) is -0.312. The molecular weight excluding hydrogens is 398 g/mol. The standard InChI is InChI=1S/C19H17N3O4S2/c23-17(11-27-19-21-13-5-1-4-8-16(13)28-19)22-18(24)20-9-12-10-25-14-6-2-3-7-15(14)26-12/h1-8,12H,9-11H2,(H2,20,22,23,24). The number of urea groups is 1. The molecule has 7 nitrogen and oxygen atoms in total. The van der Waals surface area contributed by atoms with Gasteiger partial charge in [0.25, 0.3) is 0 Å². The number of fused-ring (bicyclic) bond motifs is 2. The number of rotatable bonds is 5. The number of para-hydroxylation sites is 3. The molecule has 2 N–H and O–H groups in total. The van der Waals surface area contributed by atoms with Crippen molar-refractivity contribution in [2.24, 2.45) is 0 Å². The molecule has 144 valence electrons. The molecule has 28 heavy (non-hydrogen) atoms. The monoisotopic (exact) mass is 415 g/mol. The molecule has 2 aromatic carbocycles. The van der Waals surface area contributed by atoms with Crippen LogP contribution in [0.2, 0.25) is 0 Å². The van der Waals surface area contributed by atoms with Crippen molar-refractivity contribution in [2.45, 2.75) is 10.4 Å². The Morgan fingerprint density at radius 3 is 2.79 bits per heavy atom. The van der Waals surface area contributed by atoms with Crippen LogP contribution in [-0.2, 0) is 4.79 Å². The molecule has 3 amide bonds. The third kappa shape index (κ3) is 4.55. The highest BCUT2D eigenvalue weighted by Gasteiger charge is 2.21. The zero-order valence-corrected chi connectivity index (χ0v) is 16.3. The highest BCUT2D eigenvalue weighted by atomic mass is 32.2. The average molecular weight is 415 g/mol. The number of nitrogens with zero attached hydrogens (tertiary/aromatic N) is 1. The Bertz CT molecular complexity index is 975. The summed E-state index contributed by atoms with van der Waals surface area (Å²) < 4.78 is 13.2. The van der Waals surface area contributed by atoms with Gasteiger partial charge in [0.05, 0.1) is 22.5 Å². The first-order chi connectivity index (χ1) is 13.7. The Morgan fingerprint density at radius 2 is 1.93 bits per heavy atom. The summed E-state index contributed by atoms with van der Waals surface area (Å²) in [7, 11) is 0. The van der Waals surface area contributed by atoms with Crippen molar-refractivity contribution in [3.8, 4) is 11.5 Å². The Kier molecular flexibility index (Phi) is 5.63. The van der Waals surface area contributed by atoms with E-state index in [9.17, 15) is 9.59 Å². The number of ether oxygens (including phenoxy) is 2. The fourth-order valence-electron chi connectivity index (χ4n) is 2.62. The van der Waals surface area contributed by atoms with Crippen molar-refractivity contribution < 1.29 is 19.1 Å². The quantitative estimate of drug-likeness (QED) is 0.623. The lowest BCUT2D eigenvalue weighted by molar-refractivity contribution is -0.117. The molecule has 3 aromatic rings. The predicted octanol–water partition coefficient (Wildman–Crippen LogP) is 3.05. The number of thioether (sulfide) groups is 1. The number of nitrogens with one attached hydrogen (secondary N) is 2. The Labute approximate surface area is 169 Å². The summed E-state index contributed by atoms with van der Waals surface area (Å²) in [6, 6.07) is 14.6. The van der Waals surface area contributed by atoms with E-state index in [0.29, 0.717) is 18.1 Å². The number of carbonyl (C=O) groups excluding carboxylic acids is 2. The van der Waals surface area contributed by atoms with Gasteiger partial charge in [0.2, 0.25) is 5.91 Å². The summed E-state index contributed by atoms with van der Waals surface area (Å²) in [5.41, 5.74) is 0.907. The number of carbonyl (C=O) groups is 2. The lowest BCUT2D eigenvalue weighted by atomic mass is 10.2. The molecule has 1 atom stereocenters. The highest BCUT2D eigenvalue weighted by Crippen LogP contribution is 2.31. The van der Waals surface area contributed by atoms with Crippen molar-refractivity contribution >= 4 is 45.3 Å². The third-order valence-electron chi connectivity index (χ3n) is 3.91. The third-order valence-corrected chi connectivity index (χ3v) is 6.09. The van der Waals surface area contributed by atoms with Crippen LogP contribution >= 0.6 is 23.1 Å². The van der Waals surface area contributed by atoms with Gasteiger partial charge in [0, 0.05) is 0 Å². The SMILES string of the molecule is O=C(CSc1nc2ccccc2s1)NC(=O)NCC1COc2ccccc2O1. The van der Waals surface area contributed by atoms with E-state index in [1.54, 1.807) is 0 Å². The van der Waals surface area contributed by atoms with Crippen LogP contribution in [0.25, 0.3) is 10.2 Å². The number of imide groups is 1. The molecule has 2 heterocycles. The Balaban J connectivity index is 1.20. The number of benzene rings is 2. The summed E-state index contributed by atoms with van der Waals surface area (Å²) in [4.78, 5) is 28.4. The second kappa shape index (κ2) is 8.49. The van der Waals surface area contributed by atoms with Gasteiger partial charge in [-0.25, -0.2) is 9.78 Å². The van der Waals surface area contributed by atoms with Crippen LogP contribution in [0.5, 0.6) is 11.5 Å². The van der Waals surface area contributed by atoms with Crippen LogP contribution in [0.1, 0.15) is 0 Å². The second-order valence-electron chi connectivity index (χ2n) is 5.99. The van der Waals surface area contributed by atoms with E-state index in [4.69, 9.17) is 9.47 Å². The molecule has 0 bridgehead atoms. The maximum absolute atomic E-state index is 12.0. The van der Waals surface area contributed by atoms with E-state index in [0.717, 1.165) is 14.6 Å². The van der Waals surface area contributed by atoms with Gasteiger partial charge in [-0.15, -0.1) is 11.3 Å². The molecule has 4 rings (SSSR count). The summed E-state index contributed by atoms with van der Waals surface area (Å²) in [5.74, 6) is 1.06. The molecule has 1 aliphatic rings. The predicted molar refractivity (Wildman–Crippen MR) is 108 cm³/mol. The Morgan fingerprint density at radius 1 is 1.14 bits per heavy atom. The summed E-state index contributed by atoms with van der Waals surface area (Å²) in [6.45, 7) is 0.567. The molecule has 1 aliphatic heterocycles. The molecule has 0 spiro atoms. The van der Waals surface area contributed by atoms with Gasteiger partial charge in [0.1, 0.15) is 6.61 Å². The largest absolute Gasteiger partial charge is 0.486 e. The van der Waals surface area contributed by atoms with Crippen molar-refractivity contribution in [3.63, 3.8) is 0 Å². The molecule has 0 saturated carbocycles. The molecular formula is C19H17N3O4S2. The average Bonchev–Trinajstić information content (AvgIpc) is 3.14. The van der Waals surface area contributed by atoms with Gasteiger partial charge in [0.15, 0.2) is 21.9 Å². The van der Waals surface area contributed by atoms with Crippen LogP contribution in [0.15, 0.2) is 52.9 Å². The number of hydrogen-bond donors (Lipinski definition) is 2. The number of aromatic nitrogens is 1. The van der Waals surface area contributed by atoms with E-state index in [1.165, 1.54) is 23.1 Å². The molecule has 9 heteroatoms. The van der Waals surface area contributed by atoms with E-state index >= 15 is 0 Å². The molecule has 0 aliphatic carbocycles. The maximum atomic E-state index is 12.0. The van der Waals surface area contributed by atoms with Crippen molar-refractivity contribution in [3.05, 3.63) is 48.5 Å². The van der Waals surface area contributed by atoms with E-state index < -0.39 is 6.03 Å². The second-order valence-corrected chi connectivity index (χ2v) is 8.25. The topological polar surface area (TPSA) is 89.6 Å². The highest BCUT2D eigenvalue weighted by molar-refractivity contribution is 8.01. The maximum Gasteiger partial charge on any atom is 0.321 e. The zero-order chi connectivity index (χ0) is 19.3. The summed E-state index contributed by atoms with van der Waals surface area (Å²) >= 11 is 2.83. The lowest BCUT2D eigenvalue weighted by Gasteiger charge is -2.26. The molecule has 0 fully saturated rings. The summed E-state index contributed by atoms with van der Waals surface area (Å²) in [5, 5.41) is 4.95. The van der Waals surface area contributed by atoms with Crippen LogP contribution in [-0.4, -0.2) is 41.9 Å². The van der Waals surface area contributed by atoms with Crippen LogP contribution in [0.3, 0.4) is 0 Å². The van der Waals surface area contributed by atoms with Crippen molar-refractivity contribution in [1.82, 2.24) is 15.6 Å². The smallest absolute Gasteiger partial charge is 0.321 e. The van der Waals surface area contributed by atoms with Crippen LogP contribution in [0, 0.1) is 0 Å². The minimum atomic E-state index is -0.558. The zero-order valence-electron chi connectivity index (χ0n) is 14.7. The molecule has 0 saturated heterocycles. The number of hydrogen-bond acceptors (Lipinski definition) is 7. The minimum absolute atomic E-state index is 0.115. The van der Waals surface area contributed by atoms with Gasteiger partial charge in [-0.1, -0.05) is 36.0 Å². The molecule has 0 radical (unpaired) electrons. The number of thiazole rings is 1. The van der Waals surface area contributed by atoms with E-state index in [-0.39, 0.29) is 24.3 Å². The van der Waals surface area contributed by atoms with E-state index in [1.807, 2.05) is 48.5 Å². The van der Waals surface area contributed by atoms with Gasteiger partial charge < -0.3 is 14.8 Å². The lowest BCUT2D eigenvalue weighted by Crippen LogP contribution is -2.46. The van der Waals surface area contributed by atoms with Gasteiger partial charge in [-0.05, 0) is 24.3 Å². The van der Waals surface area contributed by atoms with Gasteiger partial charge >= 0.3 is 6.03 Å². The van der Waals surface area contributed by atoms with Crippen molar-refractivity contribution in [1.29, 1.82) is 0 Å². The molecule has 1 unspecified atom stereocenters. The fraction of sp³-hybridized carbons (Fsp3) is 0.211. The minimum Gasteiger partial charge on any atom is -0.486 e. The Hall–Kier alpha value is -2.78. The molecule has 1 aromatic heterocycles. The van der Waals surface area contributed by atoms with Gasteiger partial charge in [-0.3, -0.25) is 10.1 Å². The fourth-order valence-corrected chi connectivity index (χ4v) is 4.49. The first-order valence-corrected chi connectivity index (χ1v) is 10.4. The van der Waals surface area contributed by atoms with Crippen LogP contribution in [0.4, 0.5) is 4.79 Å². The first-order valence-electron chi connectivity index (χ1n) is 8.62. The first kappa shape index (κ1) is 18.6. The number of amides is 3. The van der Waals surface area contributed by atoms with Crippen molar-refractivity contribution in [2.75, 3.05) is 18.9 Å². The van der Waals surface area contributed by atoms with E-state index in [2.05, 4.69) is 15.6 Å². The van der Waals surface area contributed by atoms with Crippen LogP contribution < -0.4 is 20.1 Å². The normalized spacial score (nSPS) is 15.2.